The highest BCUT2D eigenvalue weighted by Crippen LogP contribution is 2.21. The minimum Gasteiger partial charge on any atom is -0.375 e. The van der Waals surface area contributed by atoms with E-state index in [1.807, 2.05) is 6.92 Å². The Morgan fingerprint density at radius 3 is 2.74 bits per heavy atom. The van der Waals surface area contributed by atoms with Gasteiger partial charge in [0.1, 0.15) is 11.4 Å². The molecule has 5 nitrogen and oxygen atoms in total. The van der Waals surface area contributed by atoms with E-state index in [4.69, 9.17) is 15.4 Å². The molecule has 0 spiro atoms. The predicted molar refractivity (Wildman–Crippen MR) is 65.8 cm³/mol. The van der Waals surface area contributed by atoms with Crippen LogP contribution in [0.3, 0.4) is 0 Å². The molecule has 0 aliphatic heterocycles. The zero-order chi connectivity index (χ0) is 14.5. The molecule has 9 heteroatoms. The summed E-state index contributed by atoms with van der Waals surface area (Å²) in [7, 11) is 1.20. The Labute approximate surface area is 114 Å². The van der Waals surface area contributed by atoms with Crippen molar-refractivity contribution in [1.29, 1.82) is 0 Å². The lowest BCUT2D eigenvalue weighted by Gasteiger charge is -2.09. The number of hydrogen-bond acceptors (Lipinski definition) is 4. The van der Waals surface area contributed by atoms with Crippen molar-refractivity contribution in [3.63, 3.8) is 0 Å². The topological polar surface area (TPSA) is 61.2 Å². The molecule has 110 valence electrons. The first kappa shape index (κ1) is 16.3. The fraction of sp³-hybridized carbons (Fsp3) is 0.700. The molecule has 0 atom stereocenters. The number of hydrogen-bond donors (Lipinski definition) is 0. The summed E-state index contributed by atoms with van der Waals surface area (Å²) < 4.78 is 53.5. The van der Waals surface area contributed by atoms with Crippen LogP contribution in [-0.2, 0) is 26.9 Å². The van der Waals surface area contributed by atoms with Crippen LogP contribution in [0.1, 0.15) is 25.5 Å². The van der Waals surface area contributed by atoms with Crippen LogP contribution in [0.5, 0.6) is 0 Å². The molecule has 0 unspecified atom stereocenters. The maximum Gasteiger partial charge on any atom is 0.264 e. The minimum absolute atomic E-state index is 0.0476. The van der Waals surface area contributed by atoms with Gasteiger partial charge in [0.05, 0.1) is 18.5 Å². The molecular formula is C10H15ClF2N2O3S. The smallest absolute Gasteiger partial charge is 0.264 e. The number of unbranched alkanes of at least 4 members (excludes halogenated alkanes) is 1. The highest BCUT2D eigenvalue weighted by Gasteiger charge is 2.22. The van der Waals surface area contributed by atoms with E-state index in [-0.39, 0.29) is 17.2 Å². The second-order valence-corrected chi connectivity index (χ2v) is 6.41. The van der Waals surface area contributed by atoms with Gasteiger partial charge in [0.2, 0.25) is 0 Å². The normalized spacial score (nSPS) is 12.3. The number of rotatable bonds is 8. The third kappa shape index (κ3) is 5.04. The third-order valence-corrected chi connectivity index (χ3v) is 3.73. The van der Waals surface area contributed by atoms with Crippen molar-refractivity contribution in [3.8, 4) is 0 Å². The van der Waals surface area contributed by atoms with Crippen molar-refractivity contribution in [2.75, 3.05) is 6.61 Å². The molecule has 1 aromatic heterocycles. The van der Waals surface area contributed by atoms with Crippen molar-refractivity contribution in [3.05, 3.63) is 11.9 Å². The molecule has 0 aromatic carbocycles. The van der Waals surface area contributed by atoms with E-state index >= 15 is 0 Å². The summed E-state index contributed by atoms with van der Waals surface area (Å²) in [6, 6.07) is 0. The summed E-state index contributed by atoms with van der Waals surface area (Å²) in [5, 5.41) is 3.61. The van der Waals surface area contributed by atoms with E-state index in [2.05, 4.69) is 5.10 Å². The van der Waals surface area contributed by atoms with E-state index in [0.29, 0.717) is 6.61 Å². The number of nitrogens with zero attached hydrogens (tertiary/aromatic N) is 2. The summed E-state index contributed by atoms with van der Waals surface area (Å²) in [6.07, 6.45) is 0.0340. The van der Waals surface area contributed by atoms with Crippen molar-refractivity contribution in [2.24, 2.45) is 0 Å². The molecule has 0 N–H and O–H groups in total. The summed E-state index contributed by atoms with van der Waals surface area (Å²) >= 11 is 0. The summed E-state index contributed by atoms with van der Waals surface area (Å²) in [5.41, 5.74) is 0.0476. The summed E-state index contributed by atoms with van der Waals surface area (Å²) in [5.74, 6) is 0. The Hall–Kier alpha value is -0.730. The van der Waals surface area contributed by atoms with Gasteiger partial charge in [-0.2, -0.15) is 5.10 Å². The van der Waals surface area contributed by atoms with Crippen LogP contribution in [0.15, 0.2) is 11.1 Å². The van der Waals surface area contributed by atoms with Crippen LogP contribution >= 0.6 is 10.7 Å². The highest BCUT2D eigenvalue weighted by molar-refractivity contribution is 8.13. The average molecular weight is 317 g/mol. The first-order chi connectivity index (χ1) is 8.86. The molecular weight excluding hydrogens is 302 g/mol. The number of aromatic nitrogens is 2. The van der Waals surface area contributed by atoms with Crippen molar-refractivity contribution < 1.29 is 21.9 Å². The molecule has 0 fully saturated rings. The minimum atomic E-state index is -4.03. The lowest BCUT2D eigenvalue weighted by molar-refractivity contribution is 0.0962. The van der Waals surface area contributed by atoms with Gasteiger partial charge in [-0.15, -0.1) is 0 Å². The Balaban J connectivity index is 2.91. The Kier molecular flexibility index (Phi) is 6.15. The lowest BCUT2D eigenvalue weighted by Crippen LogP contribution is -2.13. The molecule has 0 aliphatic rings. The molecule has 1 heterocycles. The predicted octanol–water partition coefficient (Wildman–Crippen LogP) is 2.39. The fourth-order valence-corrected chi connectivity index (χ4v) is 2.45. The number of ether oxygens (including phenoxy) is 1. The molecule has 1 rings (SSSR count). The molecule has 0 amide bonds. The van der Waals surface area contributed by atoms with E-state index in [1.54, 1.807) is 0 Å². The van der Waals surface area contributed by atoms with Crippen molar-refractivity contribution in [1.82, 2.24) is 9.78 Å². The molecule has 1 aromatic rings. The second-order valence-electron chi connectivity index (χ2n) is 3.87. The quantitative estimate of drug-likeness (QED) is 0.546. The fourth-order valence-electron chi connectivity index (χ4n) is 1.45. The highest BCUT2D eigenvalue weighted by atomic mass is 35.7. The van der Waals surface area contributed by atoms with Crippen LogP contribution in [0, 0.1) is 0 Å². The van der Waals surface area contributed by atoms with Gasteiger partial charge < -0.3 is 4.74 Å². The molecule has 19 heavy (non-hydrogen) atoms. The summed E-state index contributed by atoms with van der Waals surface area (Å²) in [6.45, 7) is 1.57. The van der Waals surface area contributed by atoms with E-state index in [0.717, 1.165) is 23.7 Å². The number of alkyl halides is 2. The average Bonchev–Trinajstić information content (AvgIpc) is 2.66. The molecule has 0 aliphatic carbocycles. The molecule has 0 saturated carbocycles. The second kappa shape index (κ2) is 7.16. The molecule has 0 saturated heterocycles. The van der Waals surface area contributed by atoms with Crippen LogP contribution < -0.4 is 0 Å². The first-order valence-electron chi connectivity index (χ1n) is 5.71. The number of halogens is 3. The van der Waals surface area contributed by atoms with Crippen molar-refractivity contribution in [2.45, 2.75) is 44.2 Å². The van der Waals surface area contributed by atoms with E-state index < -0.39 is 22.0 Å². The maximum atomic E-state index is 12.4. The molecule has 0 radical (unpaired) electrons. The lowest BCUT2D eigenvalue weighted by atomic mass is 10.3. The van der Waals surface area contributed by atoms with E-state index in [9.17, 15) is 17.2 Å². The van der Waals surface area contributed by atoms with Gasteiger partial charge in [-0.1, -0.05) is 13.3 Å². The Morgan fingerprint density at radius 1 is 1.53 bits per heavy atom. The van der Waals surface area contributed by atoms with E-state index in [1.165, 1.54) is 0 Å². The largest absolute Gasteiger partial charge is 0.375 e. The monoisotopic (exact) mass is 316 g/mol. The maximum absolute atomic E-state index is 12.4. The van der Waals surface area contributed by atoms with Crippen LogP contribution in [0.4, 0.5) is 8.78 Å². The van der Waals surface area contributed by atoms with Gasteiger partial charge in [-0.3, -0.25) is 4.68 Å². The summed E-state index contributed by atoms with van der Waals surface area (Å²) in [4.78, 5) is -0.286. The van der Waals surface area contributed by atoms with Crippen LogP contribution in [-0.4, -0.2) is 31.2 Å². The van der Waals surface area contributed by atoms with Gasteiger partial charge in [0, 0.05) is 17.3 Å². The Bertz CT molecular complexity index is 505. The SMILES string of the molecule is CCCCOCc1c(S(=O)(=O)Cl)cnn1CC(F)F. The zero-order valence-corrected chi connectivity index (χ0v) is 11.9. The molecule has 0 bridgehead atoms. The van der Waals surface area contributed by atoms with Gasteiger partial charge in [0.15, 0.2) is 0 Å². The third-order valence-electron chi connectivity index (χ3n) is 2.37. The van der Waals surface area contributed by atoms with Gasteiger partial charge in [-0.25, -0.2) is 17.2 Å². The Morgan fingerprint density at radius 2 is 2.21 bits per heavy atom. The van der Waals surface area contributed by atoms with Crippen LogP contribution in [0.25, 0.3) is 0 Å². The standard InChI is InChI=1S/C10H15ClF2N2O3S/c1-2-3-4-18-7-8-9(19(11,16)17)5-14-15(8)6-10(12)13/h5,10H,2-4,6-7H2,1H3. The van der Waals surface area contributed by atoms with Crippen molar-refractivity contribution >= 4 is 19.7 Å². The first-order valence-corrected chi connectivity index (χ1v) is 8.02. The van der Waals surface area contributed by atoms with Gasteiger partial charge in [-0.05, 0) is 6.42 Å². The van der Waals surface area contributed by atoms with Crippen LogP contribution in [0.2, 0.25) is 0 Å². The zero-order valence-electron chi connectivity index (χ0n) is 10.4. The van der Waals surface area contributed by atoms with Gasteiger partial charge in [0.25, 0.3) is 15.5 Å². The van der Waals surface area contributed by atoms with Gasteiger partial charge >= 0.3 is 0 Å².